The van der Waals surface area contributed by atoms with Crippen molar-refractivity contribution < 1.29 is 29.3 Å². The molecule has 0 amide bonds. The van der Waals surface area contributed by atoms with Crippen LogP contribution in [0.4, 0.5) is 0 Å². The minimum atomic E-state index is -0.372. The predicted octanol–water partition coefficient (Wildman–Crippen LogP) is 9.05. The summed E-state index contributed by atoms with van der Waals surface area (Å²) in [6, 6.07) is 12.7. The summed E-state index contributed by atoms with van der Waals surface area (Å²) in [5, 5.41) is 17.9. The van der Waals surface area contributed by atoms with Crippen LogP contribution >= 0.6 is 0 Å². The van der Waals surface area contributed by atoms with Crippen LogP contribution in [0.5, 0.6) is 11.5 Å². The topological polar surface area (TPSA) is 93.1 Å². The number of rotatable bonds is 6. The smallest absolute Gasteiger partial charge is 0.338 e. The second-order valence-electron chi connectivity index (χ2n) is 15.0. The van der Waals surface area contributed by atoms with E-state index in [1.165, 1.54) is 50.2 Å². The minimum absolute atomic E-state index is 0.0285. The number of aryl methyl sites for hydroxylation is 2. The zero-order valence-electron chi connectivity index (χ0n) is 28.5. The van der Waals surface area contributed by atoms with E-state index in [1.807, 2.05) is 65.8 Å². The molecule has 4 saturated carbocycles. The molecule has 6 nitrogen and oxygen atoms in total. The number of hydrogen-bond acceptors (Lipinski definition) is 6. The zero-order chi connectivity index (χ0) is 32.9. The number of aromatic hydroxyl groups is 2. The van der Waals surface area contributed by atoms with Crippen LogP contribution in [-0.2, 0) is 27.1 Å². The highest BCUT2D eigenvalue weighted by Crippen LogP contribution is 2.64. The van der Waals surface area contributed by atoms with Gasteiger partial charge < -0.3 is 19.7 Å². The molecule has 0 aromatic heterocycles. The zero-order valence-corrected chi connectivity index (χ0v) is 28.5. The number of ether oxygens (including phenoxy) is 2. The molecule has 2 aromatic carbocycles. The number of phenolic OH excluding ortho intramolecular Hbond substituents is 2. The van der Waals surface area contributed by atoms with Gasteiger partial charge in [-0.25, -0.2) is 4.79 Å². The molecule has 4 bridgehead atoms. The van der Waals surface area contributed by atoms with Gasteiger partial charge in [-0.05, 0) is 139 Å². The summed E-state index contributed by atoms with van der Waals surface area (Å²) in [6.07, 6.45) is 9.89. The van der Waals surface area contributed by atoms with Crippen LogP contribution in [0.25, 0.3) is 0 Å². The summed E-state index contributed by atoms with van der Waals surface area (Å²) in [7, 11) is 0. The van der Waals surface area contributed by atoms with Gasteiger partial charge in [-0.2, -0.15) is 0 Å². The molecule has 244 valence electrons. The molecule has 2 aromatic rings. The molecule has 0 aliphatic heterocycles. The number of carbonyl (C=O) groups excluding carboxylic acids is 2. The van der Waals surface area contributed by atoms with E-state index in [4.69, 9.17) is 19.7 Å². The van der Waals surface area contributed by atoms with Crippen LogP contribution in [0.2, 0.25) is 0 Å². The monoisotopic (exact) mass is 608 g/mol. The number of phenols is 2. The average molecular weight is 609 g/mol. The highest BCUT2D eigenvalue weighted by molar-refractivity contribution is 5.89. The first-order chi connectivity index (χ1) is 20.5. The molecule has 0 unspecified atom stereocenters. The number of carbonyl (C=O) groups is 2. The molecule has 6 heteroatoms. The summed E-state index contributed by atoms with van der Waals surface area (Å²) in [4.78, 5) is 23.7. The van der Waals surface area contributed by atoms with Gasteiger partial charge in [-0.15, -0.1) is 0 Å². The van der Waals surface area contributed by atoms with E-state index >= 15 is 0 Å². The average Bonchev–Trinajstić information content (AvgIpc) is 2.93. The van der Waals surface area contributed by atoms with Crippen LogP contribution in [0.15, 0.2) is 42.5 Å². The molecule has 44 heavy (non-hydrogen) atoms. The van der Waals surface area contributed by atoms with Crippen molar-refractivity contribution in [3.05, 3.63) is 59.2 Å². The Hall–Kier alpha value is -3.02. The van der Waals surface area contributed by atoms with E-state index in [0.29, 0.717) is 5.56 Å². The highest BCUT2D eigenvalue weighted by atomic mass is 16.6. The van der Waals surface area contributed by atoms with Crippen molar-refractivity contribution in [1.29, 1.82) is 0 Å². The fraction of sp³-hybridized carbons (Fsp3) is 0.632. The fourth-order valence-electron chi connectivity index (χ4n) is 7.33. The van der Waals surface area contributed by atoms with Gasteiger partial charge in [0.15, 0.2) is 11.5 Å². The van der Waals surface area contributed by atoms with Crippen LogP contribution in [-0.4, -0.2) is 33.4 Å². The SMILES string of the molecule is CC(C)C(=O)OC(C)(C)C.CCc1ccc(C(=O)OC(C)(C)C23CC4CC(CC(C4)C2)C3)cc1.CCc1ccc(O)c(O)c1. The Morgan fingerprint density at radius 2 is 1.25 bits per heavy atom. The van der Waals surface area contributed by atoms with Gasteiger partial charge in [0.25, 0.3) is 0 Å². The maximum atomic E-state index is 12.7. The van der Waals surface area contributed by atoms with E-state index in [-0.39, 0.29) is 46.0 Å². The van der Waals surface area contributed by atoms with Gasteiger partial charge >= 0.3 is 11.9 Å². The van der Waals surface area contributed by atoms with Crippen molar-refractivity contribution in [2.75, 3.05) is 0 Å². The molecule has 6 rings (SSSR count). The van der Waals surface area contributed by atoms with Crippen molar-refractivity contribution in [2.24, 2.45) is 29.1 Å². The van der Waals surface area contributed by atoms with Crippen LogP contribution in [0.3, 0.4) is 0 Å². The second-order valence-corrected chi connectivity index (χ2v) is 15.0. The number of esters is 2. The Labute approximate surface area is 265 Å². The molecule has 2 N–H and O–H groups in total. The minimum Gasteiger partial charge on any atom is -0.504 e. The molecule has 4 aliphatic rings. The first kappa shape index (κ1) is 35.5. The van der Waals surface area contributed by atoms with Crippen LogP contribution in [0.1, 0.15) is 122 Å². The third-order valence-corrected chi connectivity index (χ3v) is 9.59. The quantitative estimate of drug-likeness (QED) is 0.251. The molecule has 4 fully saturated rings. The largest absolute Gasteiger partial charge is 0.504 e. The summed E-state index contributed by atoms with van der Waals surface area (Å²) in [5.41, 5.74) is 2.46. The highest BCUT2D eigenvalue weighted by Gasteiger charge is 2.58. The van der Waals surface area contributed by atoms with Gasteiger partial charge in [-0.3, -0.25) is 4.79 Å². The van der Waals surface area contributed by atoms with Crippen molar-refractivity contribution in [3.8, 4) is 11.5 Å². The summed E-state index contributed by atoms with van der Waals surface area (Å²) in [5.74, 6) is 2.20. The van der Waals surface area contributed by atoms with Crippen molar-refractivity contribution in [3.63, 3.8) is 0 Å². The van der Waals surface area contributed by atoms with Gasteiger partial charge in [0.1, 0.15) is 11.2 Å². The second kappa shape index (κ2) is 14.4. The van der Waals surface area contributed by atoms with E-state index < -0.39 is 0 Å². The Morgan fingerprint density at radius 3 is 1.64 bits per heavy atom. The molecule has 0 heterocycles. The lowest BCUT2D eigenvalue weighted by Crippen LogP contribution is -2.57. The Balaban J connectivity index is 0.000000220. The standard InChI is InChI=1S/C22H30O2.C8H10O2.C8H16O2/c1-4-15-5-7-19(8-6-15)20(23)24-21(2,3)22-12-16-9-17(13-22)11-18(10-16)14-22;1-2-6-3-4-7(9)8(10)5-6;1-6(2)7(9)10-8(3,4)5/h5-8,16-18H,4,9-14H2,1-3H3;3-5,9-10H,2H2,1H3;6H,1-5H3. The van der Waals surface area contributed by atoms with Gasteiger partial charge in [-0.1, -0.05) is 45.9 Å². The first-order valence-corrected chi connectivity index (χ1v) is 16.5. The summed E-state index contributed by atoms with van der Waals surface area (Å²) in [6.45, 7) is 17.7. The number of benzene rings is 2. The third-order valence-electron chi connectivity index (χ3n) is 9.59. The Kier molecular flexibility index (Phi) is 11.6. The van der Waals surface area contributed by atoms with E-state index in [2.05, 4.69) is 20.8 Å². The third kappa shape index (κ3) is 9.25. The molecule has 4 aliphatic carbocycles. The van der Waals surface area contributed by atoms with E-state index in [9.17, 15) is 9.59 Å². The number of hydrogen-bond donors (Lipinski definition) is 2. The lowest BCUT2D eigenvalue weighted by molar-refractivity contribution is -0.164. The van der Waals surface area contributed by atoms with Crippen LogP contribution < -0.4 is 0 Å². The summed E-state index contributed by atoms with van der Waals surface area (Å²) < 4.78 is 11.2. The summed E-state index contributed by atoms with van der Waals surface area (Å²) >= 11 is 0. The molecule has 0 atom stereocenters. The van der Waals surface area contributed by atoms with Gasteiger partial charge in [0.2, 0.25) is 0 Å². The first-order valence-electron chi connectivity index (χ1n) is 16.5. The Bertz CT molecular complexity index is 1220. The molecule has 0 radical (unpaired) electrons. The van der Waals surface area contributed by atoms with Crippen molar-refractivity contribution in [2.45, 2.75) is 125 Å². The molecular formula is C38H56O6. The molecule has 0 saturated heterocycles. The van der Waals surface area contributed by atoms with Gasteiger partial charge in [0, 0.05) is 5.41 Å². The van der Waals surface area contributed by atoms with Crippen molar-refractivity contribution in [1.82, 2.24) is 0 Å². The molecular weight excluding hydrogens is 552 g/mol. The van der Waals surface area contributed by atoms with Gasteiger partial charge in [0.05, 0.1) is 11.5 Å². The maximum Gasteiger partial charge on any atom is 0.338 e. The lowest BCUT2D eigenvalue weighted by Gasteiger charge is -2.61. The normalized spacial score (nSPS) is 23.6. The lowest BCUT2D eigenvalue weighted by atomic mass is 9.46. The fourth-order valence-corrected chi connectivity index (χ4v) is 7.33. The van der Waals surface area contributed by atoms with E-state index in [0.717, 1.165) is 36.2 Å². The Morgan fingerprint density at radius 1 is 0.773 bits per heavy atom. The predicted molar refractivity (Wildman–Crippen MR) is 176 cm³/mol. The van der Waals surface area contributed by atoms with E-state index in [1.54, 1.807) is 12.1 Å². The molecule has 0 spiro atoms. The van der Waals surface area contributed by atoms with Crippen LogP contribution in [0, 0.1) is 29.1 Å². The van der Waals surface area contributed by atoms with Crippen molar-refractivity contribution >= 4 is 11.9 Å². The maximum absolute atomic E-state index is 12.7.